The second kappa shape index (κ2) is 3.46. The summed E-state index contributed by atoms with van der Waals surface area (Å²) in [6.45, 7) is 1.63. The zero-order valence-electron chi connectivity index (χ0n) is 6.60. The third kappa shape index (κ3) is 3.27. The summed E-state index contributed by atoms with van der Waals surface area (Å²) in [6, 6.07) is -1.49. The van der Waals surface area contributed by atoms with Gasteiger partial charge in [-0.1, -0.05) is 0 Å². The summed E-state index contributed by atoms with van der Waals surface area (Å²) in [5.74, 6) is -6.32. The van der Waals surface area contributed by atoms with Gasteiger partial charge in [0.15, 0.2) is 0 Å². The van der Waals surface area contributed by atoms with Crippen LogP contribution in [-0.4, -0.2) is 28.9 Å². The monoisotopic (exact) mass is 181 g/mol. The second-order valence-corrected chi connectivity index (χ2v) is 2.46. The highest BCUT2D eigenvalue weighted by Crippen LogP contribution is 2.16. The lowest BCUT2D eigenvalue weighted by atomic mass is 10.2. The van der Waals surface area contributed by atoms with E-state index in [0.29, 0.717) is 6.92 Å². The fraction of sp³-hybridized carbons (Fsp3) is 0.667. The highest BCUT2D eigenvalue weighted by molar-refractivity contribution is 6.31. The van der Waals surface area contributed by atoms with Crippen LogP contribution in [0, 0.1) is 0 Å². The Labute approximate surface area is 67.6 Å². The van der Waals surface area contributed by atoms with Gasteiger partial charge in [-0.15, -0.1) is 0 Å². The van der Waals surface area contributed by atoms with Crippen molar-refractivity contribution in [3.63, 3.8) is 0 Å². The molecule has 0 spiro atoms. The van der Waals surface area contributed by atoms with Crippen molar-refractivity contribution in [1.82, 2.24) is 5.32 Å². The van der Waals surface area contributed by atoms with Crippen LogP contribution in [0.25, 0.3) is 0 Å². The van der Waals surface area contributed by atoms with Gasteiger partial charge in [-0.2, -0.15) is 0 Å². The molecular weight excluding hydrogens is 172 g/mol. The highest BCUT2D eigenvalue weighted by Gasteiger charge is 2.32. The van der Waals surface area contributed by atoms with E-state index in [2.05, 4.69) is 0 Å². The summed E-state index contributed by atoms with van der Waals surface area (Å²) in [4.78, 5) is 20.3. The number of carbonyl (C=O) groups excluding carboxylic acids is 1. The van der Waals surface area contributed by atoms with Crippen LogP contribution in [0.5, 0.6) is 0 Å². The molecule has 0 fully saturated rings. The summed E-state index contributed by atoms with van der Waals surface area (Å²) in [5.41, 5.74) is 0. The molecule has 1 amide bonds. The number of hydrogen-bond acceptors (Lipinski definition) is 2. The summed E-state index contributed by atoms with van der Waals surface area (Å²) >= 11 is 0. The highest BCUT2D eigenvalue weighted by atomic mass is 19.3. The number of carboxylic acids is 1. The molecule has 2 N–H and O–H groups in total. The largest absolute Gasteiger partial charge is 0.474 e. The van der Waals surface area contributed by atoms with Gasteiger partial charge in [-0.3, -0.25) is 4.79 Å². The third-order valence-corrected chi connectivity index (χ3v) is 1.30. The predicted octanol–water partition coefficient (Wildman–Crippen LogP) is 0.231. The molecule has 0 aromatic rings. The summed E-state index contributed by atoms with van der Waals surface area (Å²) in [6.07, 6.45) is 0. The topological polar surface area (TPSA) is 66.4 Å². The number of hydrogen-bond donors (Lipinski definition) is 2. The van der Waals surface area contributed by atoms with E-state index < -0.39 is 23.8 Å². The molecule has 0 aromatic heterocycles. The lowest BCUT2D eigenvalue weighted by Crippen LogP contribution is -2.46. The van der Waals surface area contributed by atoms with Crippen LogP contribution in [0.3, 0.4) is 0 Å². The first-order valence-corrected chi connectivity index (χ1v) is 3.16. The van der Waals surface area contributed by atoms with E-state index in [1.54, 1.807) is 5.32 Å². The fourth-order valence-corrected chi connectivity index (χ4v) is 0.385. The van der Waals surface area contributed by atoms with Crippen LogP contribution in [-0.2, 0) is 9.59 Å². The molecule has 0 aliphatic carbocycles. The second-order valence-electron chi connectivity index (χ2n) is 2.46. The summed E-state index contributed by atoms with van der Waals surface area (Å²) < 4.78 is 24.7. The van der Waals surface area contributed by atoms with E-state index in [0.717, 1.165) is 6.92 Å². The molecule has 0 saturated carbocycles. The van der Waals surface area contributed by atoms with Gasteiger partial charge >= 0.3 is 11.9 Å². The van der Waals surface area contributed by atoms with Crippen molar-refractivity contribution in [2.24, 2.45) is 0 Å². The molecule has 0 aromatic carbocycles. The van der Waals surface area contributed by atoms with E-state index in [4.69, 9.17) is 5.11 Å². The van der Waals surface area contributed by atoms with Gasteiger partial charge in [0.1, 0.15) is 0 Å². The van der Waals surface area contributed by atoms with Crippen LogP contribution in [0.1, 0.15) is 13.8 Å². The Morgan fingerprint density at radius 1 is 1.50 bits per heavy atom. The quantitative estimate of drug-likeness (QED) is 0.599. The number of aliphatic carboxylic acids is 1. The zero-order valence-corrected chi connectivity index (χ0v) is 6.60. The SMILES string of the molecule is CC(NC(=O)C(=O)O)C(C)(F)F. The first kappa shape index (κ1) is 10.8. The van der Waals surface area contributed by atoms with Crippen molar-refractivity contribution >= 4 is 11.9 Å². The van der Waals surface area contributed by atoms with E-state index in [9.17, 15) is 18.4 Å². The van der Waals surface area contributed by atoms with E-state index in [1.165, 1.54) is 0 Å². The standard InChI is InChI=1S/C6H9F2NO3/c1-3(6(2,7)8)9-4(10)5(11)12/h3H,1-2H3,(H,9,10)(H,11,12). The molecule has 0 heterocycles. The maximum absolute atomic E-state index is 12.3. The average molecular weight is 181 g/mol. The molecule has 0 radical (unpaired) electrons. The van der Waals surface area contributed by atoms with Gasteiger partial charge < -0.3 is 10.4 Å². The minimum Gasteiger partial charge on any atom is -0.474 e. The van der Waals surface area contributed by atoms with Gasteiger partial charge in [-0.25, -0.2) is 13.6 Å². The molecule has 0 bridgehead atoms. The molecule has 0 aliphatic rings. The molecule has 1 unspecified atom stereocenters. The number of halogens is 2. The van der Waals surface area contributed by atoms with Gasteiger partial charge in [0.25, 0.3) is 5.92 Å². The van der Waals surface area contributed by atoms with Crippen molar-refractivity contribution < 1.29 is 23.5 Å². The van der Waals surface area contributed by atoms with Crippen molar-refractivity contribution in [2.75, 3.05) is 0 Å². The molecule has 0 saturated heterocycles. The van der Waals surface area contributed by atoms with Crippen molar-refractivity contribution in [3.8, 4) is 0 Å². The smallest absolute Gasteiger partial charge is 0.394 e. The average Bonchev–Trinajstić information content (AvgIpc) is 1.85. The lowest BCUT2D eigenvalue weighted by molar-refractivity contribution is -0.151. The first-order chi connectivity index (χ1) is 5.25. The lowest BCUT2D eigenvalue weighted by Gasteiger charge is -2.19. The van der Waals surface area contributed by atoms with Gasteiger partial charge in [0.05, 0.1) is 6.04 Å². The molecule has 12 heavy (non-hydrogen) atoms. The molecule has 1 atom stereocenters. The Balaban J connectivity index is 4.11. The number of amides is 1. The van der Waals surface area contributed by atoms with E-state index >= 15 is 0 Å². The van der Waals surface area contributed by atoms with Gasteiger partial charge in [-0.05, 0) is 6.92 Å². The number of carbonyl (C=O) groups is 2. The third-order valence-electron chi connectivity index (χ3n) is 1.30. The Morgan fingerprint density at radius 2 is 1.92 bits per heavy atom. The van der Waals surface area contributed by atoms with Crippen LogP contribution in [0.15, 0.2) is 0 Å². The molecule has 0 aliphatic heterocycles. The van der Waals surface area contributed by atoms with Crippen LogP contribution in [0.4, 0.5) is 8.78 Å². The van der Waals surface area contributed by atoms with Gasteiger partial charge in [0.2, 0.25) is 0 Å². The zero-order chi connectivity index (χ0) is 9.94. The minimum atomic E-state index is -3.12. The molecule has 6 heteroatoms. The Hall–Kier alpha value is -1.20. The number of rotatable bonds is 2. The van der Waals surface area contributed by atoms with Crippen molar-refractivity contribution in [1.29, 1.82) is 0 Å². The number of alkyl halides is 2. The molecule has 4 nitrogen and oxygen atoms in total. The Morgan fingerprint density at radius 3 is 2.17 bits per heavy atom. The van der Waals surface area contributed by atoms with Crippen LogP contribution < -0.4 is 5.32 Å². The van der Waals surface area contributed by atoms with E-state index in [1.807, 2.05) is 0 Å². The molecular formula is C6H9F2NO3. The Kier molecular flexibility index (Phi) is 3.12. The van der Waals surface area contributed by atoms with Crippen molar-refractivity contribution in [2.45, 2.75) is 25.8 Å². The first-order valence-electron chi connectivity index (χ1n) is 3.16. The van der Waals surface area contributed by atoms with Crippen molar-refractivity contribution in [3.05, 3.63) is 0 Å². The Bertz CT molecular complexity index is 199. The van der Waals surface area contributed by atoms with E-state index in [-0.39, 0.29) is 0 Å². The predicted molar refractivity (Wildman–Crippen MR) is 35.9 cm³/mol. The summed E-state index contributed by atoms with van der Waals surface area (Å²) in [7, 11) is 0. The normalized spacial score (nSPS) is 13.7. The number of carboxylic acid groups (broad SMARTS) is 1. The summed E-state index contributed by atoms with van der Waals surface area (Å²) in [5, 5.41) is 9.67. The van der Waals surface area contributed by atoms with Crippen LogP contribution in [0.2, 0.25) is 0 Å². The maximum atomic E-state index is 12.3. The fourth-order valence-electron chi connectivity index (χ4n) is 0.385. The number of nitrogens with one attached hydrogen (secondary N) is 1. The van der Waals surface area contributed by atoms with Crippen LogP contribution >= 0.6 is 0 Å². The molecule has 0 rings (SSSR count). The molecule has 70 valence electrons. The van der Waals surface area contributed by atoms with Gasteiger partial charge in [0, 0.05) is 6.92 Å². The minimum absolute atomic E-state index is 0.597. The maximum Gasteiger partial charge on any atom is 0.394 e.